The molecule has 1 heterocycles. The molecule has 0 saturated carbocycles. The molecule has 0 saturated heterocycles. The first-order chi connectivity index (χ1) is 15.1. The highest BCUT2D eigenvalue weighted by Gasteiger charge is 2.29. The number of aliphatic hydroxyl groups excluding tert-OH is 1. The van der Waals surface area contributed by atoms with Crippen molar-refractivity contribution < 1.29 is 24.1 Å². The smallest absolute Gasteiger partial charge is 0.161 e. The van der Waals surface area contributed by atoms with Crippen molar-refractivity contribution in [2.75, 3.05) is 41.5 Å². The standard InChI is InChI=1S/C25H31NO5/c1-6-7-8-26-13-19-17-11-23(30-4)21(28-2)9-15(17)16-10-22(29-3)24(31-5)12-18(16)25(19)20(27)14-26/h9-12,20,27H,6-8,13-14H2,1-5H3. The molecule has 1 aliphatic heterocycles. The van der Waals surface area contributed by atoms with Crippen molar-refractivity contribution in [2.45, 2.75) is 32.4 Å². The first kappa shape index (κ1) is 21.5. The van der Waals surface area contributed by atoms with Gasteiger partial charge in [-0.05, 0) is 69.9 Å². The van der Waals surface area contributed by atoms with E-state index in [0.717, 1.165) is 58.6 Å². The second-order valence-electron chi connectivity index (χ2n) is 8.00. The van der Waals surface area contributed by atoms with Gasteiger partial charge in [0.15, 0.2) is 23.0 Å². The lowest BCUT2D eigenvalue weighted by molar-refractivity contribution is 0.0935. The van der Waals surface area contributed by atoms with Crippen LogP contribution >= 0.6 is 0 Å². The summed E-state index contributed by atoms with van der Waals surface area (Å²) >= 11 is 0. The highest BCUT2D eigenvalue weighted by atomic mass is 16.5. The van der Waals surface area contributed by atoms with E-state index in [2.05, 4.69) is 11.8 Å². The van der Waals surface area contributed by atoms with Crippen molar-refractivity contribution in [3.05, 3.63) is 35.4 Å². The summed E-state index contributed by atoms with van der Waals surface area (Å²) in [6.07, 6.45) is 1.65. The SMILES string of the molecule is CCCCN1Cc2c(c3cc(OC)c(OC)cc3c3cc(OC)c(OC)cc23)C(O)C1. The molecule has 0 amide bonds. The molecule has 1 atom stereocenters. The minimum absolute atomic E-state index is 0.585. The van der Waals surface area contributed by atoms with Crippen LogP contribution in [0, 0.1) is 0 Å². The van der Waals surface area contributed by atoms with Crippen molar-refractivity contribution in [2.24, 2.45) is 0 Å². The second kappa shape index (κ2) is 8.81. The zero-order valence-corrected chi connectivity index (χ0v) is 18.9. The van der Waals surface area contributed by atoms with E-state index in [1.165, 1.54) is 0 Å². The van der Waals surface area contributed by atoms with Gasteiger partial charge in [-0.25, -0.2) is 0 Å². The quantitative estimate of drug-likeness (QED) is 0.555. The number of ether oxygens (including phenoxy) is 4. The molecule has 0 fully saturated rings. The average molecular weight is 426 g/mol. The maximum absolute atomic E-state index is 11.2. The van der Waals surface area contributed by atoms with Crippen LogP contribution in [0.4, 0.5) is 0 Å². The Balaban J connectivity index is 2.08. The lowest BCUT2D eigenvalue weighted by Crippen LogP contribution is -2.34. The number of benzene rings is 3. The molecule has 166 valence electrons. The molecule has 1 N–H and O–H groups in total. The molecule has 0 spiro atoms. The fourth-order valence-corrected chi connectivity index (χ4v) is 4.71. The molecule has 4 rings (SSSR count). The van der Waals surface area contributed by atoms with E-state index < -0.39 is 6.10 Å². The number of unbranched alkanes of at least 4 members (excludes halogenated alkanes) is 1. The summed E-state index contributed by atoms with van der Waals surface area (Å²) in [4.78, 5) is 2.33. The van der Waals surface area contributed by atoms with Crippen LogP contribution in [0.2, 0.25) is 0 Å². The summed E-state index contributed by atoms with van der Waals surface area (Å²) in [6.45, 7) is 4.55. The van der Waals surface area contributed by atoms with Gasteiger partial charge < -0.3 is 24.1 Å². The van der Waals surface area contributed by atoms with Gasteiger partial charge in [0.2, 0.25) is 0 Å². The van der Waals surface area contributed by atoms with Crippen molar-refractivity contribution in [3.8, 4) is 23.0 Å². The van der Waals surface area contributed by atoms with E-state index in [0.29, 0.717) is 29.5 Å². The Labute approximate surface area is 183 Å². The molecule has 0 aliphatic carbocycles. The van der Waals surface area contributed by atoms with Gasteiger partial charge in [0.25, 0.3) is 0 Å². The predicted octanol–water partition coefficient (Wildman–Crippen LogP) is 4.68. The number of rotatable bonds is 7. The van der Waals surface area contributed by atoms with Crippen LogP contribution in [0.5, 0.6) is 23.0 Å². The fourth-order valence-electron chi connectivity index (χ4n) is 4.71. The number of aliphatic hydroxyl groups is 1. The Hall–Kier alpha value is -2.70. The van der Waals surface area contributed by atoms with E-state index >= 15 is 0 Å². The normalized spacial score (nSPS) is 16.4. The molecule has 3 aromatic carbocycles. The number of hydrogen-bond donors (Lipinski definition) is 1. The summed E-state index contributed by atoms with van der Waals surface area (Å²) in [5, 5.41) is 15.3. The van der Waals surface area contributed by atoms with Crippen molar-refractivity contribution in [1.29, 1.82) is 0 Å². The minimum atomic E-state index is -0.585. The molecule has 31 heavy (non-hydrogen) atoms. The van der Waals surface area contributed by atoms with E-state index in [1.807, 2.05) is 24.3 Å². The summed E-state index contributed by atoms with van der Waals surface area (Å²) in [6, 6.07) is 8.01. The first-order valence-corrected chi connectivity index (χ1v) is 10.7. The van der Waals surface area contributed by atoms with Crippen LogP contribution < -0.4 is 18.9 Å². The van der Waals surface area contributed by atoms with E-state index in [4.69, 9.17) is 18.9 Å². The molecular formula is C25H31NO5. The molecule has 6 heteroatoms. The van der Waals surface area contributed by atoms with Gasteiger partial charge >= 0.3 is 0 Å². The highest BCUT2D eigenvalue weighted by molar-refractivity contribution is 6.13. The van der Waals surface area contributed by atoms with Crippen molar-refractivity contribution >= 4 is 21.5 Å². The summed E-state index contributed by atoms with van der Waals surface area (Å²) in [5.74, 6) is 2.65. The molecule has 0 bridgehead atoms. The van der Waals surface area contributed by atoms with Gasteiger partial charge in [0, 0.05) is 13.1 Å². The highest BCUT2D eigenvalue weighted by Crippen LogP contribution is 2.46. The van der Waals surface area contributed by atoms with Crippen LogP contribution in [-0.4, -0.2) is 51.5 Å². The summed E-state index contributed by atoms with van der Waals surface area (Å²) in [7, 11) is 6.56. The number of nitrogens with zero attached hydrogens (tertiary/aromatic N) is 1. The molecule has 0 radical (unpaired) electrons. The van der Waals surface area contributed by atoms with E-state index in [1.54, 1.807) is 28.4 Å². The second-order valence-corrected chi connectivity index (χ2v) is 8.00. The lowest BCUT2D eigenvalue weighted by atomic mass is 9.86. The van der Waals surface area contributed by atoms with E-state index in [-0.39, 0.29) is 0 Å². The van der Waals surface area contributed by atoms with Crippen LogP contribution in [0.25, 0.3) is 21.5 Å². The summed E-state index contributed by atoms with van der Waals surface area (Å²) in [5.41, 5.74) is 2.09. The van der Waals surface area contributed by atoms with Crippen LogP contribution in [0.3, 0.4) is 0 Å². The Morgan fingerprint density at radius 1 is 0.806 bits per heavy atom. The largest absolute Gasteiger partial charge is 0.493 e. The Morgan fingerprint density at radius 3 is 1.81 bits per heavy atom. The Morgan fingerprint density at radius 2 is 1.29 bits per heavy atom. The zero-order valence-electron chi connectivity index (χ0n) is 18.9. The predicted molar refractivity (Wildman–Crippen MR) is 123 cm³/mol. The van der Waals surface area contributed by atoms with Gasteiger partial charge in [-0.3, -0.25) is 4.90 Å². The first-order valence-electron chi connectivity index (χ1n) is 10.7. The van der Waals surface area contributed by atoms with Crippen LogP contribution in [0.15, 0.2) is 24.3 Å². The van der Waals surface area contributed by atoms with Gasteiger partial charge in [0.1, 0.15) is 0 Å². The third-order valence-corrected chi connectivity index (χ3v) is 6.25. The van der Waals surface area contributed by atoms with Gasteiger partial charge in [-0.1, -0.05) is 13.3 Å². The van der Waals surface area contributed by atoms with Crippen molar-refractivity contribution in [1.82, 2.24) is 4.90 Å². The maximum atomic E-state index is 11.2. The maximum Gasteiger partial charge on any atom is 0.161 e. The summed E-state index contributed by atoms with van der Waals surface area (Å²) < 4.78 is 22.3. The van der Waals surface area contributed by atoms with Crippen LogP contribution in [0.1, 0.15) is 37.0 Å². The third-order valence-electron chi connectivity index (χ3n) is 6.25. The monoisotopic (exact) mass is 425 g/mol. The van der Waals surface area contributed by atoms with Crippen LogP contribution in [-0.2, 0) is 6.54 Å². The molecule has 0 aromatic heterocycles. The molecule has 3 aromatic rings. The third kappa shape index (κ3) is 3.64. The number of hydrogen-bond acceptors (Lipinski definition) is 6. The number of β-amino-alcohol motifs (C(OH)–C–C–N with tert-alkyl or cyclic N) is 1. The Kier molecular flexibility index (Phi) is 6.12. The topological polar surface area (TPSA) is 60.4 Å². The Bertz CT molecular complexity index is 1110. The molecule has 1 unspecified atom stereocenters. The van der Waals surface area contributed by atoms with Gasteiger partial charge in [-0.2, -0.15) is 0 Å². The van der Waals surface area contributed by atoms with E-state index in [9.17, 15) is 5.11 Å². The molecule has 6 nitrogen and oxygen atoms in total. The molecular weight excluding hydrogens is 394 g/mol. The van der Waals surface area contributed by atoms with Crippen molar-refractivity contribution in [3.63, 3.8) is 0 Å². The molecule has 1 aliphatic rings. The number of fused-ring (bicyclic) bond motifs is 6. The average Bonchev–Trinajstić information content (AvgIpc) is 2.80. The van der Waals surface area contributed by atoms with Gasteiger partial charge in [0.05, 0.1) is 34.5 Å². The van der Waals surface area contributed by atoms with Gasteiger partial charge in [-0.15, -0.1) is 0 Å². The lowest BCUT2D eigenvalue weighted by Gasteiger charge is -2.34. The zero-order chi connectivity index (χ0) is 22.1. The fraction of sp³-hybridized carbons (Fsp3) is 0.440. The number of methoxy groups -OCH3 is 4. The minimum Gasteiger partial charge on any atom is -0.493 e.